The Morgan fingerprint density at radius 3 is 1.97 bits per heavy atom. The number of hydrogen-bond acceptors (Lipinski definition) is 4. The average molecular weight is 446 g/mol. The van der Waals surface area contributed by atoms with Crippen molar-refractivity contribution in [3.8, 4) is 0 Å². The number of rotatable bonds is 8. The van der Waals surface area contributed by atoms with Crippen molar-refractivity contribution < 1.29 is 19.1 Å². The van der Waals surface area contributed by atoms with E-state index in [0.717, 1.165) is 5.56 Å². The summed E-state index contributed by atoms with van der Waals surface area (Å²) in [5.41, 5.74) is 1.57. The van der Waals surface area contributed by atoms with E-state index in [0.29, 0.717) is 29.2 Å². The van der Waals surface area contributed by atoms with Gasteiger partial charge in [0, 0.05) is 35.8 Å². The van der Waals surface area contributed by atoms with Gasteiger partial charge in [-0.3, -0.25) is 9.59 Å². The molecule has 31 heavy (non-hydrogen) atoms. The SMILES string of the molecule is CC(C)(C)OC(=O)NCCC(=O)Nc1ccc(NC(=O)CCc2ccccc2Cl)cc1. The molecule has 0 atom stereocenters. The maximum atomic E-state index is 12.2. The zero-order valence-electron chi connectivity index (χ0n) is 18.0. The van der Waals surface area contributed by atoms with Crippen LogP contribution in [0.1, 0.15) is 39.2 Å². The molecule has 0 heterocycles. The van der Waals surface area contributed by atoms with Gasteiger partial charge in [0.25, 0.3) is 0 Å². The molecule has 0 bridgehead atoms. The van der Waals surface area contributed by atoms with E-state index in [-0.39, 0.29) is 24.8 Å². The van der Waals surface area contributed by atoms with Crippen LogP contribution < -0.4 is 16.0 Å². The summed E-state index contributed by atoms with van der Waals surface area (Å²) in [6, 6.07) is 14.3. The first-order valence-electron chi connectivity index (χ1n) is 10.0. The van der Waals surface area contributed by atoms with Crippen LogP contribution in [0.15, 0.2) is 48.5 Å². The Labute approximate surface area is 187 Å². The van der Waals surface area contributed by atoms with Gasteiger partial charge in [0.05, 0.1) is 0 Å². The van der Waals surface area contributed by atoms with Crippen LogP contribution in [0, 0.1) is 0 Å². The zero-order valence-corrected chi connectivity index (χ0v) is 18.7. The highest BCUT2D eigenvalue weighted by Gasteiger charge is 2.16. The number of hydrogen-bond donors (Lipinski definition) is 3. The van der Waals surface area contributed by atoms with Crippen molar-refractivity contribution in [2.75, 3.05) is 17.2 Å². The van der Waals surface area contributed by atoms with Gasteiger partial charge in [0.2, 0.25) is 11.8 Å². The lowest BCUT2D eigenvalue weighted by Crippen LogP contribution is -2.34. The smallest absolute Gasteiger partial charge is 0.407 e. The summed E-state index contributed by atoms with van der Waals surface area (Å²) in [5, 5.41) is 8.75. The fourth-order valence-corrected chi connectivity index (χ4v) is 2.86. The van der Waals surface area contributed by atoms with E-state index in [9.17, 15) is 14.4 Å². The molecule has 0 unspecified atom stereocenters. The maximum absolute atomic E-state index is 12.2. The van der Waals surface area contributed by atoms with Crippen molar-refractivity contribution in [3.63, 3.8) is 0 Å². The Bertz CT molecular complexity index is 908. The van der Waals surface area contributed by atoms with Gasteiger partial charge in [-0.2, -0.15) is 0 Å². The third-order valence-electron chi connectivity index (χ3n) is 4.05. The van der Waals surface area contributed by atoms with Crippen molar-refractivity contribution in [1.29, 1.82) is 0 Å². The molecular formula is C23H28ClN3O4. The number of halogens is 1. The molecule has 0 saturated heterocycles. The molecule has 0 fully saturated rings. The third-order valence-corrected chi connectivity index (χ3v) is 4.42. The number of amides is 3. The average Bonchev–Trinajstić information content (AvgIpc) is 2.67. The van der Waals surface area contributed by atoms with Gasteiger partial charge >= 0.3 is 6.09 Å². The van der Waals surface area contributed by atoms with Gasteiger partial charge in [0.1, 0.15) is 5.60 Å². The van der Waals surface area contributed by atoms with E-state index in [2.05, 4.69) is 16.0 Å². The van der Waals surface area contributed by atoms with E-state index in [4.69, 9.17) is 16.3 Å². The molecule has 2 aromatic rings. The molecule has 0 aromatic heterocycles. The van der Waals surface area contributed by atoms with Crippen molar-refractivity contribution in [2.45, 2.75) is 45.6 Å². The minimum absolute atomic E-state index is 0.111. The summed E-state index contributed by atoms with van der Waals surface area (Å²) < 4.78 is 5.11. The largest absolute Gasteiger partial charge is 0.444 e. The van der Waals surface area contributed by atoms with E-state index >= 15 is 0 Å². The van der Waals surface area contributed by atoms with E-state index in [1.165, 1.54) is 0 Å². The monoisotopic (exact) mass is 445 g/mol. The quantitative estimate of drug-likeness (QED) is 0.545. The standard InChI is InChI=1S/C23H28ClN3O4/c1-23(2,3)31-22(30)25-15-14-21(29)27-18-11-9-17(10-12-18)26-20(28)13-8-16-6-4-5-7-19(16)24/h4-7,9-12H,8,13-15H2,1-3H3,(H,25,30)(H,26,28)(H,27,29). The second kappa shape index (κ2) is 11.4. The van der Waals surface area contributed by atoms with Crippen LogP contribution in [0.5, 0.6) is 0 Å². The van der Waals surface area contributed by atoms with Crippen molar-refractivity contribution in [3.05, 3.63) is 59.1 Å². The molecular weight excluding hydrogens is 418 g/mol. The molecule has 0 saturated carbocycles. The Balaban J connectivity index is 1.72. The number of aryl methyl sites for hydroxylation is 1. The van der Waals surface area contributed by atoms with Gasteiger partial charge in [-0.15, -0.1) is 0 Å². The maximum Gasteiger partial charge on any atom is 0.407 e. The lowest BCUT2D eigenvalue weighted by Gasteiger charge is -2.19. The summed E-state index contributed by atoms with van der Waals surface area (Å²) in [6.45, 7) is 5.47. The van der Waals surface area contributed by atoms with Crippen LogP contribution in [0.4, 0.5) is 16.2 Å². The number of carbonyl (C=O) groups is 3. The highest BCUT2D eigenvalue weighted by Crippen LogP contribution is 2.18. The number of carbonyl (C=O) groups excluding carboxylic acids is 3. The molecule has 2 aromatic carbocycles. The predicted molar refractivity (Wildman–Crippen MR) is 122 cm³/mol. The minimum atomic E-state index is -0.585. The number of alkyl carbamates (subject to hydrolysis) is 1. The molecule has 3 amide bonds. The highest BCUT2D eigenvalue weighted by molar-refractivity contribution is 6.31. The molecule has 0 aliphatic carbocycles. The molecule has 3 N–H and O–H groups in total. The van der Waals surface area contributed by atoms with Gasteiger partial charge in [-0.1, -0.05) is 29.8 Å². The summed E-state index contributed by atoms with van der Waals surface area (Å²) in [7, 11) is 0. The minimum Gasteiger partial charge on any atom is -0.444 e. The number of nitrogens with one attached hydrogen (secondary N) is 3. The first kappa shape index (κ1) is 24.2. The Hall–Kier alpha value is -3.06. The van der Waals surface area contributed by atoms with Crippen LogP contribution in [0.25, 0.3) is 0 Å². The summed E-state index contributed by atoms with van der Waals surface area (Å²) in [6.07, 6.45) is 0.416. The molecule has 7 nitrogen and oxygen atoms in total. The fraction of sp³-hybridized carbons (Fsp3) is 0.348. The van der Waals surface area contributed by atoms with Crippen LogP contribution in [0.2, 0.25) is 5.02 Å². The second-order valence-corrected chi connectivity index (χ2v) is 8.35. The molecule has 2 rings (SSSR count). The number of benzene rings is 2. The van der Waals surface area contributed by atoms with Crippen LogP contribution in [0.3, 0.4) is 0 Å². The van der Waals surface area contributed by atoms with Crippen LogP contribution in [-0.2, 0) is 20.7 Å². The summed E-state index contributed by atoms with van der Waals surface area (Å²) in [5.74, 6) is -0.363. The molecule has 0 radical (unpaired) electrons. The molecule has 166 valence electrons. The van der Waals surface area contributed by atoms with Gasteiger partial charge in [0.15, 0.2) is 0 Å². The molecule has 0 aliphatic rings. The Morgan fingerprint density at radius 1 is 0.871 bits per heavy atom. The third kappa shape index (κ3) is 9.53. The fourth-order valence-electron chi connectivity index (χ4n) is 2.63. The second-order valence-electron chi connectivity index (χ2n) is 7.94. The Morgan fingerprint density at radius 2 is 1.42 bits per heavy atom. The predicted octanol–water partition coefficient (Wildman–Crippen LogP) is 4.76. The van der Waals surface area contributed by atoms with Gasteiger partial charge < -0.3 is 20.7 Å². The van der Waals surface area contributed by atoms with Gasteiger partial charge in [-0.05, 0) is 63.1 Å². The summed E-state index contributed by atoms with van der Waals surface area (Å²) >= 11 is 6.11. The van der Waals surface area contributed by atoms with Crippen LogP contribution >= 0.6 is 11.6 Å². The summed E-state index contributed by atoms with van der Waals surface area (Å²) in [4.78, 5) is 35.7. The van der Waals surface area contributed by atoms with E-state index in [1.807, 2.05) is 18.2 Å². The first-order valence-corrected chi connectivity index (χ1v) is 10.4. The van der Waals surface area contributed by atoms with Gasteiger partial charge in [-0.25, -0.2) is 4.79 Å². The molecule has 8 heteroatoms. The lowest BCUT2D eigenvalue weighted by atomic mass is 10.1. The molecule has 0 spiro atoms. The molecule has 0 aliphatic heterocycles. The number of anilines is 2. The zero-order chi connectivity index (χ0) is 22.9. The van der Waals surface area contributed by atoms with E-state index in [1.54, 1.807) is 51.1 Å². The normalized spacial score (nSPS) is 10.8. The lowest BCUT2D eigenvalue weighted by molar-refractivity contribution is -0.117. The van der Waals surface area contributed by atoms with Crippen LogP contribution in [-0.4, -0.2) is 30.1 Å². The van der Waals surface area contributed by atoms with Crippen molar-refractivity contribution in [1.82, 2.24) is 5.32 Å². The van der Waals surface area contributed by atoms with Crippen molar-refractivity contribution in [2.24, 2.45) is 0 Å². The Kier molecular flexibility index (Phi) is 8.88. The van der Waals surface area contributed by atoms with Crippen molar-refractivity contribution >= 4 is 40.9 Å². The topological polar surface area (TPSA) is 96.5 Å². The highest BCUT2D eigenvalue weighted by atomic mass is 35.5. The first-order chi connectivity index (χ1) is 14.6. The van der Waals surface area contributed by atoms with E-state index < -0.39 is 11.7 Å². The number of ether oxygens (including phenoxy) is 1.